The predicted molar refractivity (Wildman–Crippen MR) is 101 cm³/mol. The summed E-state index contributed by atoms with van der Waals surface area (Å²) in [6.45, 7) is 1.12. The van der Waals surface area contributed by atoms with Crippen molar-refractivity contribution in [2.45, 2.75) is 19.4 Å². The van der Waals surface area contributed by atoms with Crippen LogP contribution in [0.25, 0.3) is 0 Å². The lowest BCUT2D eigenvalue weighted by Gasteiger charge is -2.05. The standard InChI is InChI=1S/C18H21N5O2S/c1-25-14-6-4-13(5-7-14)20-12-17-21-16(22-23-17)11-18(24)19-9-8-15-3-2-10-26-15/h2-7,10,20H,8-9,11-12H2,1H3,(H,19,24)(H,21,22,23). The first-order chi connectivity index (χ1) is 12.7. The van der Waals surface area contributed by atoms with Gasteiger partial charge in [0, 0.05) is 17.1 Å². The summed E-state index contributed by atoms with van der Waals surface area (Å²) < 4.78 is 5.13. The first-order valence-corrected chi connectivity index (χ1v) is 9.18. The number of carbonyl (C=O) groups is 1. The summed E-state index contributed by atoms with van der Waals surface area (Å²) in [5, 5.41) is 15.1. The highest BCUT2D eigenvalue weighted by molar-refractivity contribution is 7.09. The molecule has 0 aliphatic carbocycles. The maximum atomic E-state index is 12.0. The fourth-order valence-electron chi connectivity index (χ4n) is 2.37. The Morgan fingerprint density at radius 3 is 2.85 bits per heavy atom. The Kier molecular flexibility index (Phi) is 6.21. The predicted octanol–water partition coefficient (Wildman–Crippen LogP) is 2.39. The van der Waals surface area contributed by atoms with Crippen molar-refractivity contribution in [3.63, 3.8) is 0 Å². The third-order valence-corrected chi connectivity index (χ3v) is 4.66. The Bertz CT molecular complexity index is 814. The molecule has 3 N–H and O–H groups in total. The van der Waals surface area contributed by atoms with Crippen molar-refractivity contribution in [2.24, 2.45) is 0 Å². The van der Waals surface area contributed by atoms with Crippen molar-refractivity contribution in [3.8, 4) is 5.75 Å². The molecule has 7 nitrogen and oxygen atoms in total. The molecule has 0 fully saturated rings. The molecule has 1 amide bonds. The minimum atomic E-state index is -0.0739. The SMILES string of the molecule is COc1ccc(NCc2nc(CC(=O)NCCc3cccs3)n[nH]2)cc1. The van der Waals surface area contributed by atoms with Gasteiger partial charge in [0.2, 0.25) is 5.91 Å². The van der Waals surface area contributed by atoms with Gasteiger partial charge in [-0.25, -0.2) is 4.98 Å². The number of amides is 1. The van der Waals surface area contributed by atoms with Crippen LogP contribution in [-0.2, 0) is 24.2 Å². The Labute approximate surface area is 155 Å². The molecule has 0 spiro atoms. The highest BCUT2D eigenvalue weighted by atomic mass is 32.1. The van der Waals surface area contributed by atoms with Crippen molar-refractivity contribution in [3.05, 3.63) is 58.3 Å². The summed E-state index contributed by atoms with van der Waals surface area (Å²) in [4.78, 5) is 17.6. The number of H-pyrrole nitrogens is 1. The van der Waals surface area contributed by atoms with Gasteiger partial charge in [-0.1, -0.05) is 6.07 Å². The molecule has 0 aliphatic heterocycles. The quantitative estimate of drug-likeness (QED) is 0.537. The smallest absolute Gasteiger partial charge is 0.227 e. The van der Waals surface area contributed by atoms with E-state index in [2.05, 4.69) is 31.9 Å². The van der Waals surface area contributed by atoms with E-state index < -0.39 is 0 Å². The molecular weight excluding hydrogens is 350 g/mol. The number of rotatable bonds is 9. The molecule has 8 heteroatoms. The Hall–Kier alpha value is -2.87. The van der Waals surface area contributed by atoms with Crippen molar-refractivity contribution in [2.75, 3.05) is 19.0 Å². The van der Waals surface area contributed by atoms with Gasteiger partial charge in [0.1, 0.15) is 11.6 Å². The summed E-state index contributed by atoms with van der Waals surface area (Å²) >= 11 is 1.69. The lowest BCUT2D eigenvalue weighted by Crippen LogP contribution is -2.27. The van der Waals surface area contributed by atoms with Gasteiger partial charge in [-0.15, -0.1) is 11.3 Å². The first-order valence-electron chi connectivity index (χ1n) is 8.30. The third-order valence-electron chi connectivity index (χ3n) is 3.72. The zero-order valence-corrected chi connectivity index (χ0v) is 15.3. The Morgan fingerprint density at radius 2 is 2.12 bits per heavy atom. The van der Waals surface area contributed by atoms with Gasteiger partial charge in [0.15, 0.2) is 5.82 Å². The topological polar surface area (TPSA) is 91.9 Å². The lowest BCUT2D eigenvalue weighted by atomic mass is 10.3. The van der Waals surface area contributed by atoms with Crippen LogP contribution in [0, 0.1) is 0 Å². The lowest BCUT2D eigenvalue weighted by molar-refractivity contribution is -0.120. The summed E-state index contributed by atoms with van der Waals surface area (Å²) in [5.74, 6) is 1.91. The molecule has 0 atom stereocenters. The summed E-state index contributed by atoms with van der Waals surface area (Å²) in [7, 11) is 1.64. The number of methoxy groups -OCH3 is 1. The third kappa shape index (κ3) is 5.32. The van der Waals surface area contributed by atoms with Crippen LogP contribution >= 0.6 is 11.3 Å². The van der Waals surface area contributed by atoms with Gasteiger partial charge < -0.3 is 15.4 Å². The van der Waals surface area contributed by atoms with E-state index in [1.165, 1.54) is 4.88 Å². The van der Waals surface area contributed by atoms with Crippen molar-refractivity contribution >= 4 is 22.9 Å². The van der Waals surface area contributed by atoms with Crippen molar-refractivity contribution < 1.29 is 9.53 Å². The van der Waals surface area contributed by atoms with Gasteiger partial charge in [-0.2, -0.15) is 5.10 Å². The van der Waals surface area contributed by atoms with Gasteiger partial charge in [0.25, 0.3) is 0 Å². The van der Waals surface area contributed by atoms with Crippen LogP contribution in [0.4, 0.5) is 5.69 Å². The maximum absolute atomic E-state index is 12.0. The second kappa shape index (κ2) is 9.00. The number of nitrogens with zero attached hydrogens (tertiary/aromatic N) is 2. The number of aromatic amines is 1. The monoisotopic (exact) mass is 371 g/mol. The Balaban J connectivity index is 1.41. The normalized spacial score (nSPS) is 10.5. The molecule has 2 aromatic heterocycles. The molecule has 0 radical (unpaired) electrons. The zero-order chi connectivity index (χ0) is 18.2. The van der Waals surface area contributed by atoms with Crippen LogP contribution in [0.1, 0.15) is 16.5 Å². The molecular formula is C18H21N5O2S. The molecule has 0 unspecified atom stereocenters. The first kappa shape index (κ1) is 17.9. The van der Waals surface area contributed by atoms with E-state index in [0.717, 1.165) is 17.9 Å². The minimum Gasteiger partial charge on any atom is -0.497 e. The number of aromatic nitrogens is 3. The second-order valence-corrected chi connectivity index (χ2v) is 6.67. The molecule has 136 valence electrons. The van der Waals surface area contributed by atoms with E-state index in [1.807, 2.05) is 35.7 Å². The molecule has 26 heavy (non-hydrogen) atoms. The number of hydrogen-bond donors (Lipinski definition) is 3. The van der Waals surface area contributed by atoms with Gasteiger partial charge in [0.05, 0.1) is 20.1 Å². The highest BCUT2D eigenvalue weighted by Crippen LogP contribution is 2.15. The molecule has 1 aromatic carbocycles. The van der Waals surface area contributed by atoms with Gasteiger partial charge in [-0.05, 0) is 42.1 Å². The average molecular weight is 371 g/mol. The molecule has 0 saturated carbocycles. The van der Waals surface area contributed by atoms with E-state index in [4.69, 9.17) is 4.74 Å². The minimum absolute atomic E-state index is 0.0739. The summed E-state index contributed by atoms with van der Waals surface area (Å²) in [6, 6.07) is 11.7. The largest absolute Gasteiger partial charge is 0.497 e. The van der Waals surface area contributed by atoms with E-state index >= 15 is 0 Å². The number of ether oxygens (including phenoxy) is 1. The maximum Gasteiger partial charge on any atom is 0.227 e. The molecule has 0 aliphatic rings. The van der Waals surface area contributed by atoms with Gasteiger partial charge in [-0.3, -0.25) is 9.89 Å². The number of carbonyl (C=O) groups excluding carboxylic acids is 1. The molecule has 2 heterocycles. The summed E-state index contributed by atoms with van der Waals surface area (Å²) in [6.07, 6.45) is 1.01. The number of benzene rings is 1. The fourth-order valence-corrected chi connectivity index (χ4v) is 3.08. The van der Waals surface area contributed by atoms with E-state index in [0.29, 0.717) is 24.7 Å². The second-order valence-electron chi connectivity index (χ2n) is 5.64. The Morgan fingerprint density at radius 1 is 1.27 bits per heavy atom. The highest BCUT2D eigenvalue weighted by Gasteiger charge is 2.09. The molecule has 3 aromatic rings. The zero-order valence-electron chi connectivity index (χ0n) is 14.5. The molecule has 0 bridgehead atoms. The van der Waals surface area contributed by atoms with Crippen LogP contribution < -0.4 is 15.4 Å². The van der Waals surface area contributed by atoms with E-state index in [1.54, 1.807) is 18.4 Å². The molecule has 3 rings (SSSR count). The summed E-state index contributed by atoms with van der Waals surface area (Å²) in [5.41, 5.74) is 0.954. The van der Waals surface area contributed by atoms with Crippen LogP contribution in [0.3, 0.4) is 0 Å². The van der Waals surface area contributed by atoms with Crippen molar-refractivity contribution in [1.82, 2.24) is 20.5 Å². The number of nitrogens with one attached hydrogen (secondary N) is 3. The fraction of sp³-hybridized carbons (Fsp3) is 0.278. The number of hydrogen-bond acceptors (Lipinski definition) is 6. The van der Waals surface area contributed by atoms with Crippen LogP contribution in [-0.4, -0.2) is 34.7 Å². The van der Waals surface area contributed by atoms with E-state index in [9.17, 15) is 4.79 Å². The van der Waals surface area contributed by atoms with Crippen LogP contribution in [0.2, 0.25) is 0 Å². The number of anilines is 1. The van der Waals surface area contributed by atoms with Crippen LogP contribution in [0.5, 0.6) is 5.75 Å². The number of thiophene rings is 1. The van der Waals surface area contributed by atoms with Crippen LogP contribution in [0.15, 0.2) is 41.8 Å². The van der Waals surface area contributed by atoms with Gasteiger partial charge >= 0.3 is 0 Å². The van der Waals surface area contributed by atoms with E-state index in [-0.39, 0.29) is 12.3 Å². The molecule has 0 saturated heterocycles. The average Bonchev–Trinajstić information content (AvgIpc) is 3.32. The van der Waals surface area contributed by atoms with Crippen molar-refractivity contribution in [1.29, 1.82) is 0 Å².